The SMILES string of the molecule is CNC(=O)c1cccc2cc(Oc3ccnc(NC(=O)c4ccc(N5CC(C)NC(C)C5)cc4)n3)ccc12. The number of anilines is 2. The third-order valence-corrected chi connectivity index (χ3v) is 6.45. The van der Waals surface area contributed by atoms with Crippen molar-refractivity contribution in [3.63, 3.8) is 0 Å². The van der Waals surface area contributed by atoms with Gasteiger partial charge in [0.15, 0.2) is 0 Å². The lowest BCUT2D eigenvalue weighted by Crippen LogP contribution is -2.54. The number of aromatic nitrogens is 2. The second-order valence-electron chi connectivity index (χ2n) is 9.46. The van der Waals surface area contributed by atoms with Crippen molar-refractivity contribution in [1.82, 2.24) is 20.6 Å². The Labute approximate surface area is 221 Å². The van der Waals surface area contributed by atoms with Gasteiger partial charge in [-0.25, -0.2) is 4.98 Å². The largest absolute Gasteiger partial charge is 0.439 e. The lowest BCUT2D eigenvalue weighted by atomic mass is 10.0. The third kappa shape index (κ3) is 5.57. The van der Waals surface area contributed by atoms with Gasteiger partial charge in [0.2, 0.25) is 11.8 Å². The molecule has 9 nitrogen and oxygen atoms in total. The van der Waals surface area contributed by atoms with Gasteiger partial charge < -0.3 is 20.3 Å². The van der Waals surface area contributed by atoms with E-state index in [9.17, 15) is 9.59 Å². The molecular weight excluding hydrogens is 480 g/mol. The second kappa shape index (κ2) is 10.9. The molecule has 0 bridgehead atoms. The van der Waals surface area contributed by atoms with Gasteiger partial charge in [-0.3, -0.25) is 14.9 Å². The topological polar surface area (TPSA) is 108 Å². The smallest absolute Gasteiger partial charge is 0.258 e. The van der Waals surface area contributed by atoms with E-state index in [2.05, 4.69) is 44.7 Å². The predicted octanol–water partition coefficient (Wildman–Crippen LogP) is 4.22. The van der Waals surface area contributed by atoms with Crippen LogP contribution in [0.1, 0.15) is 34.6 Å². The van der Waals surface area contributed by atoms with Crippen molar-refractivity contribution in [2.75, 3.05) is 30.4 Å². The zero-order chi connectivity index (χ0) is 26.6. The summed E-state index contributed by atoms with van der Waals surface area (Å²) in [7, 11) is 1.60. The number of carbonyl (C=O) groups is 2. The number of fused-ring (bicyclic) bond motifs is 1. The normalized spacial score (nSPS) is 17.2. The van der Waals surface area contributed by atoms with E-state index >= 15 is 0 Å². The zero-order valence-corrected chi connectivity index (χ0v) is 21.6. The van der Waals surface area contributed by atoms with Gasteiger partial charge in [0.25, 0.3) is 11.8 Å². The number of carbonyl (C=O) groups excluding carboxylic acids is 2. The van der Waals surface area contributed by atoms with Crippen LogP contribution in [0.2, 0.25) is 0 Å². The van der Waals surface area contributed by atoms with Gasteiger partial charge in [-0.15, -0.1) is 0 Å². The van der Waals surface area contributed by atoms with Crippen LogP contribution in [0.4, 0.5) is 11.6 Å². The first-order valence-electron chi connectivity index (χ1n) is 12.6. The highest BCUT2D eigenvalue weighted by molar-refractivity contribution is 6.07. The number of nitrogens with one attached hydrogen (secondary N) is 3. The molecule has 1 fully saturated rings. The van der Waals surface area contributed by atoms with E-state index in [0.717, 1.165) is 29.5 Å². The number of benzene rings is 3. The van der Waals surface area contributed by atoms with E-state index in [1.54, 1.807) is 25.2 Å². The van der Waals surface area contributed by atoms with Crippen molar-refractivity contribution < 1.29 is 14.3 Å². The van der Waals surface area contributed by atoms with Crippen LogP contribution in [-0.4, -0.2) is 54.0 Å². The van der Waals surface area contributed by atoms with Crippen molar-refractivity contribution in [1.29, 1.82) is 0 Å². The number of nitrogens with zero attached hydrogens (tertiary/aromatic N) is 3. The van der Waals surface area contributed by atoms with Crippen LogP contribution in [0.5, 0.6) is 11.6 Å². The van der Waals surface area contributed by atoms with E-state index in [1.165, 1.54) is 6.20 Å². The number of hydrogen-bond donors (Lipinski definition) is 3. The monoisotopic (exact) mass is 510 g/mol. The van der Waals surface area contributed by atoms with Crippen molar-refractivity contribution in [3.8, 4) is 11.6 Å². The Bertz CT molecular complexity index is 1460. The molecule has 0 spiro atoms. The Morgan fingerprint density at radius 1 is 0.974 bits per heavy atom. The van der Waals surface area contributed by atoms with Gasteiger partial charge in [-0.2, -0.15) is 4.98 Å². The number of piperazine rings is 1. The number of ether oxygens (including phenoxy) is 1. The van der Waals surface area contributed by atoms with Crippen molar-refractivity contribution in [3.05, 3.63) is 84.1 Å². The third-order valence-electron chi connectivity index (χ3n) is 6.45. The molecule has 2 atom stereocenters. The summed E-state index contributed by atoms with van der Waals surface area (Å²) in [6.45, 7) is 6.18. The molecule has 3 aromatic carbocycles. The first-order chi connectivity index (χ1) is 18.4. The molecule has 2 heterocycles. The lowest BCUT2D eigenvalue weighted by Gasteiger charge is -2.37. The molecule has 9 heteroatoms. The molecule has 1 aromatic heterocycles. The molecule has 4 aromatic rings. The summed E-state index contributed by atoms with van der Waals surface area (Å²) < 4.78 is 5.93. The van der Waals surface area contributed by atoms with Gasteiger partial charge in [0, 0.05) is 61.3 Å². The summed E-state index contributed by atoms with van der Waals surface area (Å²) in [6, 6.07) is 20.9. The Morgan fingerprint density at radius 2 is 1.74 bits per heavy atom. The van der Waals surface area contributed by atoms with E-state index < -0.39 is 0 Å². The molecule has 0 saturated carbocycles. The summed E-state index contributed by atoms with van der Waals surface area (Å²) in [5, 5.41) is 10.6. The average Bonchev–Trinajstić information content (AvgIpc) is 2.92. The highest BCUT2D eigenvalue weighted by Crippen LogP contribution is 2.27. The summed E-state index contributed by atoms with van der Waals surface area (Å²) in [6.07, 6.45) is 1.53. The molecule has 1 aliphatic heterocycles. The Hall–Kier alpha value is -4.50. The predicted molar refractivity (Wildman–Crippen MR) is 148 cm³/mol. The highest BCUT2D eigenvalue weighted by Gasteiger charge is 2.21. The van der Waals surface area contributed by atoms with E-state index in [0.29, 0.717) is 29.0 Å². The van der Waals surface area contributed by atoms with Crippen molar-refractivity contribution >= 4 is 34.2 Å². The highest BCUT2D eigenvalue weighted by atomic mass is 16.5. The van der Waals surface area contributed by atoms with Gasteiger partial charge >= 0.3 is 0 Å². The van der Waals surface area contributed by atoms with Crippen LogP contribution in [0.15, 0.2) is 72.9 Å². The van der Waals surface area contributed by atoms with Crippen LogP contribution < -0.4 is 25.6 Å². The van der Waals surface area contributed by atoms with Crippen LogP contribution in [-0.2, 0) is 0 Å². The zero-order valence-electron chi connectivity index (χ0n) is 21.6. The minimum atomic E-state index is -0.303. The van der Waals surface area contributed by atoms with Crippen LogP contribution in [0.25, 0.3) is 10.8 Å². The van der Waals surface area contributed by atoms with Crippen molar-refractivity contribution in [2.24, 2.45) is 0 Å². The average molecular weight is 511 g/mol. The maximum atomic E-state index is 12.8. The number of amides is 2. The maximum Gasteiger partial charge on any atom is 0.258 e. The van der Waals surface area contributed by atoms with Crippen molar-refractivity contribution in [2.45, 2.75) is 25.9 Å². The fourth-order valence-electron chi connectivity index (χ4n) is 4.77. The molecule has 194 valence electrons. The number of hydrogen-bond acceptors (Lipinski definition) is 7. The molecule has 0 aliphatic carbocycles. The maximum absolute atomic E-state index is 12.8. The molecule has 5 rings (SSSR count). The van der Waals surface area contributed by atoms with Gasteiger partial charge in [0.1, 0.15) is 5.75 Å². The van der Waals surface area contributed by atoms with Gasteiger partial charge in [0.05, 0.1) is 0 Å². The first-order valence-corrected chi connectivity index (χ1v) is 12.6. The minimum absolute atomic E-state index is 0.143. The van der Waals surface area contributed by atoms with Gasteiger partial charge in [-0.1, -0.05) is 12.1 Å². The Kier molecular flexibility index (Phi) is 7.19. The molecule has 1 saturated heterocycles. The first kappa shape index (κ1) is 25.2. The molecule has 2 unspecified atom stereocenters. The summed E-state index contributed by atoms with van der Waals surface area (Å²) in [5.41, 5.74) is 2.20. The molecular formula is C29H30N6O3. The van der Waals surface area contributed by atoms with Crippen LogP contribution >= 0.6 is 0 Å². The fraction of sp³-hybridized carbons (Fsp3) is 0.241. The summed E-state index contributed by atoms with van der Waals surface area (Å²) >= 11 is 0. The molecule has 0 radical (unpaired) electrons. The summed E-state index contributed by atoms with van der Waals surface area (Å²) in [4.78, 5) is 35.8. The minimum Gasteiger partial charge on any atom is -0.439 e. The lowest BCUT2D eigenvalue weighted by molar-refractivity contribution is 0.0963. The van der Waals surface area contributed by atoms with E-state index in [4.69, 9.17) is 4.74 Å². The number of rotatable bonds is 6. The Balaban J connectivity index is 1.26. The Morgan fingerprint density at radius 3 is 2.47 bits per heavy atom. The molecule has 1 aliphatic rings. The van der Waals surface area contributed by atoms with Crippen LogP contribution in [0, 0.1) is 0 Å². The fourth-order valence-corrected chi connectivity index (χ4v) is 4.77. The standard InChI is InChI=1S/C29H30N6O3/c1-18-16-35(17-19(2)32-18)22-9-7-20(8-10-22)27(36)34-29-31-14-13-26(33-29)38-23-11-12-24-21(15-23)5-4-6-25(24)28(37)30-3/h4-15,18-19,32H,16-17H2,1-3H3,(H,30,37)(H,31,33,34,36). The van der Waals surface area contributed by atoms with E-state index in [-0.39, 0.29) is 23.6 Å². The molecule has 3 N–H and O–H groups in total. The molecule has 38 heavy (non-hydrogen) atoms. The van der Waals surface area contributed by atoms with E-state index in [1.807, 2.05) is 48.5 Å². The second-order valence-corrected chi connectivity index (χ2v) is 9.46. The summed E-state index contributed by atoms with van der Waals surface area (Å²) in [5.74, 6) is 0.527. The molecule has 2 amide bonds. The quantitative estimate of drug-likeness (QED) is 0.356. The van der Waals surface area contributed by atoms with Crippen LogP contribution in [0.3, 0.4) is 0 Å². The van der Waals surface area contributed by atoms with Gasteiger partial charge in [-0.05, 0) is 73.2 Å².